The lowest BCUT2D eigenvalue weighted by Gasteiger charge is -2.28. The van der Waals surface area contributed by atoms with E-state index >= 15 is 0 Å². The van der Waals surface area contributed by atoms with Gasteiger partial charge in [0.2, 0.25) is 0 Å². The van der Waals surface area contributed by atoms with Gasteiger partial charge >= 0.3 is 11.9 Å². The maximum absolute atomic E-state index is 12.0. The summed E-state index contributed by atoms with van der Waals surface area (Å²) in [6.07, 6.45) is 10.7. The Kier molecular flexibility index (Phi) is 13.4. The van der Waals surface area contributed by atoms with Crippen molar-refractivity contribution >= 4 is 11.9 Å². The predicted molar refractivity (Wildman–Crippen MR) is 106 cm³/mol. The molecule has 0 spiro atoms. The van der Waals surface area contributed by atoms with Gasteiger partial charge in [-0.15, -0.1) is 0 Å². The van der Waals surface area contributed by atoms with Crippen LogP contribution >= 0.6 is 0 Å². The molecule has 0 radical (unpaired) electrons. The van der Waals surface area contributed by atoms with Gasteiger partial charge in [-0.1, -0.05) is 65.2 Å². The minimum absolute atomic E-state index is 0.129. The largest absolute Gasteiger partial charge is 0.481 e. The number of carboxylic acid groups (broad SMARTS) is 1. The quantitative estimate of drug-likeness (QED) is 0.244. The lowest BCUT2D eigenvalue weighted by Crippen LogP contribution is -2.43. The van der Waals surface area contributed by atoms with Crippen LogP contribution in [-0.4, -0.2) is 55.3 Å². The molecule has 0 saturated carbocycles. The first kappa shape index (κ1) is 24.9. The molecular weight excluding hydrogens is 330 g/mol. The number of esters is 1. The van der Waals surface area contributed by atoms with Crippen molar-refractivity contribution in [2.45, 2.75) is 90.6 Å². The average molecular weight is 373 g/mol. The average Bonchev–Trinajstić information content (AvgIpc) is 2.48. The first-order valence-corrected chi connectivity index (χ1v) is 10.4. The van der Waals surface area contributed by atoms with Crippen LogP contribution in [0.4, 0.5) is 0 Å². The van der Waals surface area contributed by atoms with Crippen LogP contribution in [0.1, 0.15) is 84.5 Å². The fourth-order valence-corrected chi connectivity index (χ4v) is 3.21. The van der Waals surface area contributed by atoms with E-state index in [-0.39, 0.29) is 12.4 Å². The Morgan fingerprint density at radius 3 is 2.12 bits per heavy atom. The Morgan fingerprint density at radius 2 is 1.54 bits per heavy atom. The molecule has 1 N–H and O–H groups in total. The molecule has 0 fully saturated rings. The fourth-order valence-electron chi connectivity index (χ4n) is 3.21. The minimum atomic E-state index is -0.927. The van der Waals surface area contributed by atoms with Crippen LogP contribution in [0.15, 0.2) is 0 Å². The van der Waals surface area contributed by atoms with Gasteiger partial charge in [0, 0.05) is 6.42 Å². The van der Waals surface area contributed by atoms with E-state index in [1.165, 1.54) is 44.9 Å². The summed E-state index contributed by atoms with van der Waals surface area (Å²) in [5, 5.41) is 8.99. The first-order valence-electron chi connectivity index (χ1n) is 10.4. The summed E-state index contributed by atoms with van der Waals surface area (Å²) in [5.41, 5.74) is 0. The third kappa shape index (κ3) is 16.4. The molecule has 26 heavy (non-hydrogen) atoms. The normalized spacial score (nSPS) is 14.0. The first-order chi connectivity index (χ1) is 12.1. The molecule has 0 aliphatic heterocycles. The predicted octanol–water partition coefficient (Wildman–Crippen LogP) is 4.64. The van der Waals surface area contributed by atoms with Crippen LogP contribution in [0.2, 0.25) is 0 Å². The monoisotopic (exact) mass is 372 g/mol. The number of likely N-dealkylation sites (N-methyl/N-ethyl adjacent to an activating group) is 1. The van der Waals surface area contributed by atoms with Gasteiger partial charge in [0.05, 0.1) is 27.6 Å². The summed E-state index contributed by atoms with van der Waals surface area (Å²) in [6, 6.07) is 0. The zero-order chi connectivity index (χ0) is 20.0. The van der Waals surface area contributed by atoms with E-state index in [9.17, 15) is 9.59 Å². The van der Waals surface area contributed by atoms with E-state index < -0.39 is 12.1 Å². The van der Waals surface area contributed by atoms with Crippen LogP contribution in [0.25, 0.3) is 0 Å². The Labute approximate surface area is 160 Å². The molecule has 0 saturated heterocycles. The van der Waals surface area contributed by atoms with Crippen LogP contribution in [-0.2, 0) is 14.3 Å². The Bertz CT molecular complexity index is 390. The van der Waals surface area contributed by atoms with Gasteiger partial charge in [-0.3, -0.25) is 9.59 Å². The maximum atomic E-state index is 12.0. The number of quaternary nitrogens is 1. The molecule has 0 amide bonds. The van der Waals surface area contributed by atoms with Crippen molar-refractivity contribution in [3.63, 3.8) is 0 Å². The number of carbonyl (C=O) groups is 2. The molecular formula is C21H42NO4+. The number of carboxylic acids is 1. The Morgan fingerprint density at radius 1 is 0.962 bits per heavy atom. The summed E-state index contributed by atoms with van der Waals surface area (Å²) in [7, 11) is 5.89. The molecule has 0 aromatic rings. The lowest BCUT2D eigenvalue weighted by molar-refractivity contribution is -0.873. The maximum Gasteiger partial charge on any atom is 0.307 e. The van der Waals surface area contributed by atoms with E-state index in [2.05, 4.69) is 13.8 Å². The van der Waals surface area contributed by atoms with Crippen molar-refractivity contribution in [2.24, 2.45) is 5.92 Å². The van der Waals surface area contributed by atoms with Crippen LogP contribution in [0, 0.1) is 5.92 Å². The van der Waals surface area contributed by atoms with Gasteiger partial charge in [-0.25, -0.2) is 0 Å². The number of hydrogen-bond acceptors (Lipinski definition) is 3. The summed E-state index contributed by atoms with van der Waals surface area (Å²) < 4.78 is 5.99. The summed E-state index contributed by atoms with van der Waals surface area (Å²) >= 11 is 0. The number of aliphatic carboxylic acids is 1. The lowest BCUT2D eigenvalue weighted by atomic mass is 9.97. The van der Waals surface area contributed by atoms with Crippen molar-refractivity contribution < 1.29 is 23.9 Å². The molecule has 5 nitrogen and oxygen atoms in total. The highest BCUT2D eigenvalue weighted by molar-refractivity contribution is 5.71. The van der Waals surface area contributed by atoms with Crippen LogP contribution in [0.5, 0.6) is 0 Å². The molecule has 0 aromatic heterocycles. The van der Waals surface area contributed by atoms with Gasteiger partial charge in [0.25, 0.3) is 0 Å². The molecule has 0 heterocycles. The van der Waals surface area contributed by atoms with Gasteiger partial charge in [0.15, 0.2) is 6.10 Å². The van der Waals surface area contributed by atoms with E-state index in [1.807, 2.05) is 21.1 Å². The Hall–Kier alpha value is -1.10. The molecule has 0 aliphatic carbocycles. The number of unbranched alkanes of at least 4 members (excludes halogenated alkanes) is 5. The molecule has 5 heteroatoms. The second-order valence-electron chi connectivity index (χ2n) is 8.74. The van der Waals surface area contributed by atoms with Gasteiger partial charge in [0.1, 0.15) is 6.54 Å². The fraction of sp³-hybridized carbons (Fsp3) is 0.905. The summed E-state index contributed by atoms with van der Waals surface area (Å²) in [4.78, 5) is 23.0. The Balaban J connectivity index is 3.95. The van der Waals surface area contributed by atoms with E-state index in [1.54, 1.807) is 0 Å². The van der Waals surface area contributed by atoms with E-state index in [0.717, 1.165) is 12.8 Å². The molecule has 0 aliphatic rings. The van der Waals surface area contributed by atoms with E-state index in [0.29, 0.717) is 23.4 Å². The van der Waals surface area contributed by atoms with E-state index in [4.69, 9.17) is 9.84 Å². The highest BCUT2D eigenvalue weighted by Crippen LogP contribution is 2.17. The highest BCUT2D eigenvalue weighted by Gasteiger charge is 2.24. The molecule has 2 unspecified atom stereocenters. The number of hydrogen-bond donors (Lipinski definition) is 1. The van der Waals surface area contributed by atoms with Crippen molar-refractivity contribution in [3.05, 3.63) is 0 Å². The molecule has 2 atom stereocenters. The highest BCUT2D eigenvalue weighted by atomic mass is 16.5. The van der Waals surface area contributed by atoms with Crippen molar-refractivity contribution in [3.8, 4) is 0 Å². The number of nitrogens with zero attached hydrogens (tertiary/aromatic N) is 1. The van der Waals surface area contributed by atoms with Crippen molar-refractivity contribution in [2.75, 3.05) is 27.7 Å². The molecule has 0 rings (SSSR count). The van der Waals surface area contributed by atoms with Gasteiger partial charge < -0.3 is 14.3 Å². The third-order valence-electron chi connectivity index (χ3n) is 4.58. The second-order valence-corrected chi connectivity index (χ2v) is 8.74. The smallest absolute Gasteiger partial charge is 0.307 e. The zero-order valence-electron chi connectivity index (χ0n) is 17.8. The zero-order valence-corrected chi connectivity index (χ0v) is 17.8. The third-order valence-corrected chi connectivity index (χ3v) is 4.58. The molecule has 0 aromatic carbocycles. The number of ether oxygens (including phenoxy) is 1. The van der Waals surface area contributed by atoms with Crippen LogP contribution in [0.3, 0.4) is 0 Å². The summed E-state index contributed by atoms with van der Waals surface area (Å²) in [6.45, 7) is 4.99. The topological polar surface area (TPSA) is 63.6 Å². The van der Waals surface area contributed by atoms with Crippen molar-refractivity contribution in [1.29, 1.82) is 0 Å². The van der Waals surface area contributed by atoms with Gasteiger partial charge in [-0.05, 0) is 12.3 Å². The van der Waals surface area contributed by atoms with Crippen LogP contribution < -0.4 is 0 Å². The number of carbonyl (C=O) groups excluding carboxylic acids is 1. The summed E-state index contributed by atoms with van der Waals surface area (Å²) in [5.74, 6) is -0.560. The minimum Gasteiger partial charge on any atom is -0.481 e. The standard InChI is InChI=1S/C21H41NO4/c1-6-7-8-9-10-11-13-18(2)14-12-15-21(25)26-19(16-20(23)24)17-22(3,4)5/h18-19H,6-17H2,1-5H3/p+1. The van der Waals surface area contributed by atoms with Crippen molar-refractivity contribution in [1.82, 2.24) is 0 Å². The molecule has 154 valence electrons. The second kappa shape index (κ2) is 14.0. The SMILES string of the molecule is CCCCCCCCC(C)CCCC(=O)OC(CC(=O)O)C[N+](C)(C)C. The van der Waals surface area contributed by atoms with Gasteiger partial charge in [-0.2, -0.15) is 0 Å². The number of rotatable bonds is 16. The molecule has 0 bridgehead atoms.